The zero-order valence-corrected chi connectivity index (χ0v) is 11.6. The maximum Gasteiger partial charge on any atom is 0.220 e. The topological polar surface area (TPSA) is 79.4 Å². The fraction of sp³-hybridized carbons (Fsp3) is 0.571. The van der Waals surface area contributed by atoms with Crippen molar-refractivity contribution in [1.29, 1.82) is 0 Å². The van der Waals surface area contributed by atoms with Gasteiger partial charge in [0.25, 0.3) is 0 Å². The van der Waals surface area contributed by atoms with E-state index >= 15 is 0 Å². The Morgan fingerprint density at radius 1 is 1.47 bits per heavy atom. The Bertz CT molecular complexity index is 384. The van der Waals surface area contributed by atoms with Gasteiger partial charge in [0.1, 0.15) is 0 Å². The van der Waals surface area contributed by atoms with E-state index in [1.807, 2.05) is 26.1 Å². The smallest absolute Gasteiger partial charge is 0.220 e. The van der Waals surface area contributed by atoms with E-state index in [0.717, 1.165) is 19.5 Å². The summed E-state index contributed by atoms with van der Waals surface area (Å²) in [5.74, 6) is -0.392. The van der Waals surface area contributed by atoms with E-state index in [-0.39, 0.29) is 12.3 Å². The number of nitrogens with zero attached hydrogens (tertiary/aromatic N) is 2. The number of hydrogen-bond donors (Lipinski definition) is 2. The number of rotatable bonds is 8. The van der Waals surface area contributed by atoms with Gasteiger partial charge in [-0.15, -0.1) is 0 Å². The molecule has 0 aliphatic heterocycles. The molecule has 0 saturated heterocycles. The highest BCUT2D eigenvalue weighted by molar-refractivity contribution is 5.74. The quantitative estimate of drug-likeness (QED) is 0.728. The number of nitrogens with two attached hydrogens (primary N) is 1. The van der Waals surface area contributed by atoms with Crippen LogP contribution in [0.1, 0.15) is 25.3 Å². The summed E-state index contributed by atoms with van der Waals surface area (Å²) in [5, 5.41) is 9.76. The van der Waals surface area contributed by atoms with Gasteiger partial charge < -0.3 is 15.7 Å². The standard InChI is InChI=1S/C14H23N3O2/c1-11(13(18)9-14(15)19)5-8-17(2)10-12-3-6-16-7-4-12/h3-4,6-7,11,13,18H,5,8-10H2,1-2H3,(H2,15,19)/t11-,13+/m1/s1. The summed E-state index contributed by atoms with van der Waals surface area (Å²) in [5.41, 5.74) is 6.28. The average molecular weight is 265 g/mol. The van der Waals surface area contributed by atoms with Crippen molar-refractivity contribution in [1.82, 2.24) is 9.88 Å². The fourth-order valence-corrected chi connectivity index (χ4v) is 1.90. The van der Waals surface area contributed by atoms with Gasteiger partial charge in [-0.2, -0.15) is 0 Å². The minimum atomic E-state index is -0.646. The maximum absolute atomic E-state index is 10.7. The summed E-state index contributed by atoms with van der Waals surface area (Å²) in [7, 11) is 2.04. The fourth-order valence-electron chi connectivity index (χ4n) is 1.90. The van der Waals surface area contributed by atoms with Gasteiger partial charge in [-0.05, 0) is 43.6 Å². The minimum absolute atomic E-state index is 0.0369. The molecule has 1 aromatic heterocycles. The van der Waals surface area contributed by atoms with Crippen molar-refractivity contribution in [2.75, 3.05) is 13.6 Å². The number of aliphatic hydroxyl groups is 1. The molecular weight excluding hydrogens is 242 g/mol. The van der Waals surface area contributed by atoms with Crippen LogP contribution >= 0.6 is 0 Å². The van der Waals surface area contributed by atoms with Gasteiger partial charge in [0.15, 0.2) is 0 Å². The van der Waals surface area contributed by atoms with Gasteiger partial charge in [-0.3, -0.25) is 9.78 Å². The molecule has 0 unspecified atom stereocenters. The van der Waals surface area contributed by atoms with Gasteiger partial charge >= 0.3 is 0 Å². The van der Waals surface area contributed by atoms with Crippen LogP contribution in [-0.2, 0) is 11.3 Å². The molecule has 0 fully saturated rings. The highest BCUT2D eigenvalue weighted by atomic mass is 16.3. The van der Waals surface area contributed by atoms with Crippen molar-refractivity contribution in [3.8, 4) is 0 Å². The molecule has 106 valence electrons. The summed E-state index contributed by atoms with van der Waals surface area (Å²) in [6, 6.07) is 3.98. The molecule has 0 saturated carbocycles. The van der Waals surface area contributed by atoms with Crippen LogP contribution in [0.4, 0.5) is 0 Å². The molecular formula is C14H23N3O2. The van der Waals surface area contributed by atoms with Crippen LogP contribution in [0, 0.1) is 5.92 Å². The first-order valence-electron chi connectivity index (χ1n) is 6.53. The highest BCUT2D eigenvalue weighted by Gasteiger charge is 2.16. The van der Waals surface area contributed by atoms with Crippen molar-refractivity contribution in [2.45, 2.75) is 32.4 Å². The molecule has 5 heteroatoms. The lowest BCUT2D eigenvalue weighted by molar-refractivity contribution is -0.120. The van der Waals surface area contributed by atoms with Crippen molar-refractivity contribution in [2.24, 2.45) is 11.7 Å². The molecule has 0 aliphatic rings. The van der Waals surface area contributed by atoms with E-state index in [0.29, 0.717) is 0 Å². The van der Waals surface area contributed by atoms with E-state index in [9.17, 15) is 9.90 Å². The normalized spacial score (nSPS) is 14.3. The number of aliphatic hydroxyl groups excluding tert-OH is 1. The molecule has 0 bridgehead atoms. The van der Waals surface area contributed by atoms with Gasteiger partial charge in [-0.1, -0.05) is 6.92 Å². The number of pyridine rings is 1. The second-order valence-corrected chi connectivity index (χ2v) is 5.10. The van der Waals surface area contributed by atoms with E-state index < -0.39 is 12.0 Å². The van der Waals surface area contributed by atoms with E-state index in [4.69, 9.17) is 5.73 Å². The minimum Gasteiger partial charge on any atom is -0.392 e. The van der Waals surface area contributed by atoms with Gasteiger partial charge in [0.05, 0.1) is 12.5 Å². The number of amides is 1. The van der Waals surface area contributed by atoms with E-state index in [1.54, 1.807) is 12.4 Å². The molecule has 1 amide bonds. The van der Waals surface area contributed by atoms with Crippen molar-refractivity contribution in [3.63, 3.8) is 0 Å². The number of primary amides is 1. The highest BCUT2D eigenvalue weighted by Crippen LogP contribution is 2.12. The molecule has 1 aromatic rings. The number of aromatic nitrogens is 1. The summed E-state index contributed by atoms with van der Waals surface area (Å²) in [4.78, 5) is 16.9. The summed E-state index contributed by atoms with van der Waals surface area (Å²) < 4.78 is 0. The van der Waals surface area contributed by atoms with Crippen LogP contribution in [0.15, 0.2) is 24.5 Å². The lowest BCUT2D eigenvalue weighted by Crippen LogP contribution is -2.28. The predicted molar refractivity (Wildman–Crippen MR) is 74.2 cm³/mol. The maximum atomic E-state index is 10.7. The molecule has 19 heavy (non-hydrogen) atoms. The van der Waals surface area contributed by atoms with Gasteiger partial charge in [-0.25, -0.2) is 0 Å². The summed E-state index contributed by atoms with van der Waals surface area (Å²) >= 11 is 0. The predicted octanol–water partition coefficient (Wildman–Crippen LogP) is 0.776. The Kier molecular flexibility index (Phi) is 6.45. The summed E-state index contributed by atoms with van der Waals surface area (Å²) in [6.07, 6.45) is 3.78. The Labute approximate surface area is 114 Å². The Hall–Kier alpha value is -1.46. The molecule has 2 atom stereocenters. The number of carbonyl (C=O) groups excluding carboxylic acids is 1. The van der Waals surface area contributed by atoms with E-state index in [1.165, 1.54) is 5.56 Å². The first kappa shape index (κ1) is 15.6. The third kappa shape index (κ3) is 6.31. The van der Waals surface area contributed by atoms with Crippen molar-refractivity contribution >= 4 is 5.91 Å². The Morgan fingerprint density at radius 2 is 2.11 bits per heavy atom. The van der Waals surface area contributed by atoms with Gasteiger partial charge in [0.2, 0.25) is 5.91 Å². The van der Waals surface area contributed by atoms with Crippen molar-refractivity contribution in [3.05, 3.63) is 30.1 Å². The lowest BCUT2D eigenvalue weighted by Gasteiger charge is -2.22. The second-order valence-electron chi connectivity index (χ2n) is 5.10. The first-order valence-corrected chi connectivity index (χ1v) is 6.53. The Balaban J connectivity index is 2.29. The first-order chi connectivity index (χ1) is 8.99. The molecule has 0 aliphatic carbocycles. The molecule has 1 rings (SSSR count). The van der Waals surface area contributed by atoms with Crippen LogP contribution in [0.25, 0.3) is 0 Å². The SMILES string of the molecule is C[C@H](CCN(C)Cc1ccncc1)[C@@H](O)CC(N)=O. The van der Waals surface area contributed by atoms with Crippen LogP contribution in [0.2, 0.25) is 0 Å². The zero-order chi connectivity index (χ0) is 14.3. The van der Waals surface area contributed by atoms with Crippen molar-refractivity contribution < 1.29 is 9.90 Å². The molecule has 0 radical (unpaired) electrons. The zero-order valence-electron chi connectivity index (χ0n) is 11.6. The van der Waals surface area contributed by atoms with Crippen LogP contribution in [0.5, 0.6) is 0 Å². The number of carbonyl (C=O) groups is 1. The molecule has 0 spiro atoms. The molecule has 0 aromatic carbocycles. The van der Waals surface area contributed by atoms with Gasteiger partial charge in [0, 0.05) is 18.9 Å². The third-order valence-electron chi connectivity index (χ3n) is 3.24. The molecule has 3 N–H and O–H groups in total. The van der Waals surface area contributed by atoms with Crippen LogP contribution in [0.3, 0.4) is 0 Å². The average Bonchev–Trinajstić information content (AvgIpc) is 2.36. The molecule has 5 nitrogen and oxygen atoms in total. The number of hydrogen-bond acceptors (Lipinski definition) is 4. The third-order valence-corrected chi connectivity index (χ3v) is 3.24. The summed E-state index contributed by atoms with van der Waals surface area (Å²) in [6.45, 7) is 3.65. The monoisotopic (exact) mass is 265 g/mol. The largest absolute Gasteiger partial charge is 0.392 e. The van der Waals surface area contributed by atoms with Crippen LogP contribution < -0.4 is 5.73 Å². The lowest BCUT2D eigenvalue weighted by atomic mass is 9.98. The van der Waals surface area contributed by atoms with E-state index in [2.05, 4.69) is 9.88 Å². The Morgan fingerprint density at radius 3 is 2.68 bits per heavy atom. The second kappa shape index (κ2) is 7.86. The van der Waals surface area contributed by atoms with Crippen LogP contribution in [-0.4, -0.2) is 40.6 Å². The molecule has 1 heterocycles.